The normalized spacial score (nSPS) is 13.9. The maximum atomic E-state index is 12.6. The molecule has 0 radical (unpaired) electrons. The highest BCUT2D eigenvalue weighted by Crippen LogP contribution is 2.05. The Morgan fingerprint density at radius 3 is 1.85 bits per heavy atom. The third kappa shape index (κ3) is 11.1. The highest BCUT2D eigenvalue weighted by Gasteiger charge is 2.27. The lowest BCUT2D eigenvalue weighted by Gasteiger charge is -2.23. The number of nitrogens with one attached hydrogen (secondary N) is 3. The average molecular weight is 425 g/mol. The summed E-state index contributed by atoms with van der Waals surface area (Å²) in [5.41, 5.74) is 5.46. The summed E-state index contributed by atoms with van der Waals surface area (Å²) in [5.74, 6) is -1.90. The van der Waals surface area contributed by atoms with Crippen molar-refractivity contribution >= 4 is 47.2 Å². The first kappa shape index (κ1) is 25.5. The van der Waals surface area contributed by atoms with Gasteiger partial charge in [0.05, 0.1) is 6.61 Å². The zero-order valence-corrected chi connectivity index (χ0v) is 17.0. The molecule has 27 heavy (non-hydrogen) atoms. The predicted octanol–water partition coefficient (Wildman–Crippen LogP) is -2.02. The van der Waals surface area contributed by atoms with Crippen molar-refractivity contribution in [2.45, 2.75) is 31.0 Å². The van der Waals surface area contributed by atoms with Gasteiger partial charge in [0.15, 0.2) is 0 Å². The second-order valence-corrected chi connectivity index (χ2v) is 7.56. The van der Waals surface area contributed by atoms with Crippen molar-refractivity contribution in [3.63, 3.8) is 0 Å². The number of carbonyl (C=O) groups is 4. The summed E-state index contributed by atoms with van der Waals surface area (Å²) in [6, 6.07) is -3.00. The van der Waals surface area contributed by atoms with E-state index in [1.165, 1.54) is 23.5 Å². The molecule has 3 unspecified atom stereocenters. The minimum Gasteiger partial charge on any atom is -0.480 e. The van der Waals surface area contributed by atoms with E-state index in [2.05, 4.69) is 16.0 Å². The molecule has 0 spiro atoms. The fraction of sp³-hybridized carbons (Fsp3) is 0.733. The number of carbonyl (C=O) groups excluding carboxylic acids is 3. The monoisotopic (exact) mass is 424 g/mol. The smallest absolute Gasteiger partial charge is 0.322 e. The summed E-state index contributed by atoms with van der Waals surface area (Å²) >= 11 is 2.95. The summed E-state index contributed by atoms with van der Waals surface area (Å²) in [7, 11) is 0. The molecule has 3 atom stereocenters. The van der Waals surface area contributed by atoms with Crippen molar-refractivity contribution in [2.75, 3.05) is 37.2 Å². The molecule has 0 aliphatic rings. The predicted molar refractivity (Wildman–Crippen MR) is 106 cm³/mol. The number of hydrogen-bond acceptors (Lipinski definition) is 8. The molecular formula is C15H28N4O6S2. The molecule has 0 fully saturated rings. The summed E-state index contributed by atoms with van der Waals surface area (Å²) in [4.78, 5) is 47.2. The highest BCUT2D eigenvalue weighted by molar-refractivity contribution is 7.98. The third-order valence-electron chi connectivity index (χ3n) is 3.43. The topological polar surface area (TPSA) is 171 Å². The Morgan fingerprint density at radius 2 is 1.41 bits per heavy atom. The van der Waals surface area contributed by atoms with Crippen molar-refractivity contribution in [1.82, 2.24) is 16.0 Å². The Labute approximate surface area is 166 Å². The number of aliphatic hydroxyl groups excluding tert-OH is 1. The number of rotatable bonds is 14. The van der Waals surface area contributed by atoms with Crippen LogP contribution in [0.1, 0.15) is 12.8 Å². The number of carboxylic acid groups (broad SMARTS) is 1. The van der Waals surface area contributed by atoms with Crippen LogP contribution in [0.15, 0.2) is 0 Å². The van der Waals surface area contributed by atoms with Crippen LogP contribution in [0, 0.1) is 0 Å². The summed E-state index contributed by atoms with van der Waals surface area (Å²) < 4.78 is 0. The van der Waals surface area contributed by atoms with Crippen LogP contribution in [0.25, 0.3) is 0 Å². The molecule has 12 heteroatoms. The van der Waals surface area contributed by atoms with Crippen LogP contribution in [0.5, 0.6) is 0 Å². The lowest BCUT2D eigenvalue weighted by molar-refractivity contribution is -0.138. The van der Waals surface area contributed by atoms with Gasteiger partial charge in [0.25, 0.3) is 0 Å². The Hall–Kier alpha value is -1.50. The lowest BCUT2D eigenvalue weighted by Crippen LogP contribution is -2.56. The van der Waals surface area contributed by atoms with Gasteiger partial charge >= 0.3 is 5.97 Å². The molecule has 0 rings (SSSR count). The van der Waals surface area contributed by atoms with E-state index in [9.17, 15) is 19.2 Å². The van der Waals surface area contributed by atoms with Gasteiger partial charge in [-0.25, -0.2) is 0 Å². The lowest BCUT2D eigenvalue weighted by atomic mass is 10.1. The van der Waals surface area contributed by atoms with Crippen LogP contribution in [0.2, 0.25) is 0 Å². The molecular weight excluding hydrogens is 396 g/mol. The first-order valence-electron chi connectivity index (χ1n) is 8.21. The third-order valence-corrected chi connectivity index (χ3v) is 4.72. The maximum absolute atomic E-state index is 12.6. The van der Waals surface area contributed by atoms with Gasteiger partial charge < -0.3 is 31.9 Å². The van der Waals surface area contributed by atoms with Crippen molar-refractivity contribution < 1.29 is 29.4 Å². The molecule has 7 N–H and O–H groups in total. The molecule has 0 bridgehead atoms. The number of thioether (sulfide) groups is 2. The van der Waals surface area contributed by atoms with Gasteiger partial charge in [-0.3, -0.25) is 19.2 Å². The fourth-order valence-corrected chi connectivity index (χ4v) is 2.87. The summed E-state index contributed by atoms with van der Waals surface area (Å²) in [6.45, 7) is -1.11. The van der Waals surface area contributed by atoms with Crippen molar-refractivity contribution in [3.05, 3.63) is 0 Å². The number of aliphatic carboxylic acids is 1. The molecule has 0 saturated heterocycles. The molecule has 0 heterocycles. The molecule has 0 aromatic heterocycles. The maximum Gasteiger partial charge on any atom is 0.322 e. The first-order valence-corrected chi connectivity index (χ1v) is 11.0. The minimum atomic E-state index is -1.19. The largest absolute Gasteiger partial charge is 0.480 e. The zero-order chi connectivity index (χ0) is 20.8. The van der Waals surface area contributed by atoms with Gasteiger partial charge in [-0.1, -0.05) is 0 Å². The molecule has 0 aromatic rings. The second-order valence-electron chi connectivity index (χ2n) is 5.59. The molecule has 3 amide bonds. The molecule has 10 nitrogen and oxygen atoms in total. The summed E-state index contributed by atoms with van der Waals surface area (Å²) in [6.07, 6.45) is 4.29. The van der Waals surface area contributed by atoms with E-state index in [-0.39, 0.29) is 0 Å². The fourth-order valence-electron chi connectivity index (χ4n) is 1.93. The van der Waals surface area contributed by atoms with E-state index < -0.39 is 55.0 Å². The molecule has 0 aliphatic heterocycles. The van der Waals surface area contributed by atoms with Crippen molar-refractivity contribution in [2.24, 2.45) is 5.73 Å². The van der Waals surface area contributed by atoms with Crippen LogP contribution >= 0.6 is 23.5 Å². The number of nitrogens with two attached hydrogens (primary N) is 1. The Morgan fingerprint density at radius 1 is 0.926 bits per heavy atom. The quantitative estimate of drug-likeness (QED) is 0.184. The van der Waals surface area contributed by atoms with Crippen LogP contribution in [-0.2, 0) is 19.2 Å². The molecule has 0 aromatic carbocycles. The highest BCUT2D eigenvalue weighted by atomic mass is 32.2. The number of amides is 3. The van der Waals surface area contributed by atoms with Gasteiger partial charge in [0.2, 0.25) is 17.7 Å². The molecule has 0 saturated carbocycles. The first-order chi connectivity index (χ1) is 12.8. The number of hydrogen-bond donors (Lipinski definition) is 6. The Kier molecular flexibility index (Phi) is 13.7. The van der Waals surface area contributed by atoms with Gasteiger partial charge in [-0.05, 0) is 36.9 Å². The number of carboxylic acids is 1. The van der Waals surface area contributed by atoms with Crippen molar-refractivity contribution in [1.29, 1.82) is 0 Å². The zero-order valence-electron chi connectivity index (χ0n) is 15.4. The van der Waals surface area contributed by atoms with E-state index in [0.29, 0.717) is 24.3 Å². The van der Waals surface area contributed by atoms with Crippen LogP contribution < -0.4 is 21.7 Å². The Balaban J connectivity index is 5.06. The molecule has 0 aliphatic carbocycles. The van der Waals surface area contributed by atoms with E-state index in [1.54, 1.807) is 0 Å². The van der Waals surface area contributed by atoms with Gasteiger partial charge in [-0.2, -0.15) is 23.5 Å². The van der Waals surface area contributed by atoms with Crippen molar-refractivity contribution in [3.8, 4) is 0 Å². The summed E-state index contributed by atoms with van der Waals surface area (Å²) in [5, 5.41) is 24.9. The van der Waals surface area contributed by atoms with E-state index in [1.807, 2.05) is 12.5 Å². The van der Waals surface area contributed by atoms with Gasteiger partial charge in [0.1, 0.15) is 24.7 Å². The Bertz CT molecular complexity index is 509. The van der Waals surface area contributed by atoms with E-state index >= 15 is 0 Å². The minimum absolute atomic E-state index is 0.303. The van der Waals surface area contributed by atoms with Crippen LogP contribution in [-0.4, -0.2) is 89.2 Å². The number of aliphatic hydroxyl groups is 1. The van der Waals surface area contributed by atoms with Gasteiger partial charge in [-0.15, -0.1) is 0 Å². The second kappa shape index (κ2) is 14.5. The van der Waals surface area contributed by atoms with E-state index in [4.69, 9.17) is 15.9 Å². The van der Waals surface area contributed by atoms with Crippen LogP contribution in [0.3, 0.4) is 0 Å². The van der Waals surface area contributed by atoms with Crippen LogP contribution in [0.4, 0.5) is 0 Å². The van der Waals surface area contributed by atoms with E-state index in [0.717, 1.165) is 0 Å². The van der Waals surface area contributed by atoms with Gasteiger partial charge in [0, 0.05) is 0 Å². The standard InChI is InChI=1S/C15H28N4O6S2/c1-26-5-3-10(14(24)17-7-12(21)22)19-15(25)11(4-6-27-2)18-13(23)9(16)8-20/h9-11,20H,3-8,16H2,1-2H3,(H,17,24)(H,18,23)(H,19,25)(H,21,22). The average Bonchev–Trinajstić information content (AvgIpc) is 2.64. The SMILES string of the molecule is CSCCC(NC(=O)C(N)CO)C(=O)NC(CCSC)C(=O)NCC(=O)O. The molecule has 156 valence electrons.